The third kappa shape index (κ3) is 4.49. The molecule has 1 N–H and O–H groups in total. The first-order chi connectivity index (χ1) is 18.2. The third-order valence-corrected chi connectivity index (χ3v) is 8.54. The van der Waals surface area contributed by atoms with Crippen molar-refractivity contribution in [2.45, 2.75) is 58.1 Å². The van der Waals surface area contributed by atoms with Crippen molar-refractivity contribution in [3.8, 4) is 11.4 Å². The Labute approximate surface area is 221 Å². The number of nitrogens with zero attached hydrogens (tertiary/aromatic N) is 5. The van der Waals surface area contributed by atoms with E-state index in [1.165, 1.54) is 17.1 Å². The first kappa shape index (κ1) is 25.1. The molecule has 4 heterocycles. The zero-order valence-electron chi connectivity index (χ0n) is 22.1. The summed E-state index contributed by atoms with van der Waals surface area (Å²) in [4.78, 5) is 32.5. The van der Waals surface area contributed by atoms with Crippen LogP contribution in [0.2, 0.25) is 0 Å². The molecule has 1 aliphatic carbocycles. The predicted molar refractivity (Wildman–Crippen MR) is 140 cm³/mol. The van der Waals surface area contributed by atoms with Crippen LogP contribution in [0.4, 0.5) is 0 Å². The Morgan fingerprint density at radius 2 is 1.82 bits per heavy atom. The molecule has 0 atom stereocenters. The lowest BCUT2D eigenvalue weighted by molar-refractivity contribution is -0.150. The first-order valence-corrected chi connectivity index (χ1v) is 13.4. The molecular formula is C28H35N5O5. The van der Waals surface area contributed by atoms with Gasteiger partial charge in [0.15, 0.2) is 5.65 Å². The van der Waals surface area contributed by atoms with Crippen LogP contribution in [0, 0.1) is 10.8 Å². The molecule has 6 rings (SSSR count). The molecule has 2 aliphatic heterocycles. The van der Waals surface area contributed by atoms with Gasteiger partial charge in [0.1, 0.15) is 17.5 Å². The molecule has 0 bridgehead atoms. The number of rotatable bonds is 7. The molecule has 3 aliphatic rings. The third-order valence-electron chi connectivity index (χ3n) is 8.54. The molecule has 2 saturated heterocycles. The number of carbonyl (C=O) groups is 1. The Morgan fingerprint density at radius 1 is 1.11 bits per heavy atom. The monoisotopic (exact) mass is 521 g/mol. The van der Waals surface area contributed by atoms with E-state index in [4.69, 9.17) is 9.47 Å². The van der Waals surface area contributed by atoms with Gasteiger partial charge in [0, 0.05) is 23.9 Å². The van der Waals surface area contributed by atoms with Gasteiger partial charge in [0.2, 0.25) is 5.91 Å². The van der Waals surface area contributed by atoms with Crippen LogP contribution in [0.5, 0.6) is 5.75 Å². The number of hydrogen-bond acceptors (Lipinski definition) is 7. The van der Waals surface area contributed by atoms with E-state index in [1.807, 2.05) is 36.1 Å². The molecule has 0 radical (unpaired) electrons. The average Bonchev–Trinajstić information content (AvgIpc) is 3.32. The van der Waals surface area contributed by atoms with Gasteiger partial charge in [-0.3, -0.25) is 14.2 Å². The number of likely N-dealkylation sites (tertiary alicyclic amines) is 1. The fourth-order valence-corrected chi connectivity index (χ4v) is 5.63. The minimum Gasteiger partial charge on any atom is -0.493 e. The number of aromatic nitrogens is 4. The highest BCUT2D eigenvalue weighted by Gasteiger charge is 2.44. The topological polar surface area (TPSA) is 112 Å². The van der Waals surface area contributed by atoms with Crippen molar-refractivity contribution in [3.05, 3.63) is 47.1 Å². The zero-order chi connectivity index (χ0) is 26.5. The lowest BCUT2D eigenvalue weighted by Crippen LogP contribution is -2.54. The van der Waals surface area contributed by atoms with Gasteiger partial charge < -0.3 is 19.5 Å². The molecule has 3 aromatic rings. The van der Waals surface area contributed by atoms with Gasteiger partial charge in [-0.15, -0.1) is 0 Å². The van der Waals surface area contributed by atoms with E-state index in [0.29, 0.717) is 56.8 Å². The summed E-state index contributed by atoms with van der Waals surface area (Å²) in [5.41, 5.74) is -0.252. The number of fused-ring (bicyclic) bond motifs is 1. The summed E-state index contributed by atoms with van der Waals surface area (Å²) < 4.78 is 14.3. The summed E-state index contributed by atoms with van der Waals surface area (Å²) in [7, 11) is 0. The van der Waals surface area contributed by atoms with Gasteiger partial charge in [0.05, 0.1) is 43.9 Å². The van der Waals surface area contributed by atoms with E-state index >= 15 is 0 Å². The van der Waals surface area contributed by atoms with Crippen LogP contribution in [0.1, 0.15) is 46.0 Å². The lowest BCUT2D eigenvalue weighted by Gasteiger charge is -2.45. The van der Waals surface area contributed by atoms with Crippen LogP contribution in [0.15, 0.2) is 41.6 Å². The normalized spacial score (nSPS) is 21.5. The number of carbonyl (C=O) groups excluding carboxylic acids is 1. The fraction of sp³-hybridized carbons (Fsp3) is 0.571. The Morgan fingerprint density at radius 3 is 2.42 bits per heavy atom. The second-order valence-electron chi connectivity index (χ2n) is 12.0. The van der Waals surface area contributed by atoms with Crippen LogP contribution < -0.4 is 10.3 Å². The van der Waals surface area contributed by atoms with Crippen molar-refractivity contribution < 1.29 is 19.4 Å². The molecule has 2 aromatic heterocycles. The summed E-state index contributed by atoms with van der Waals surface area (Å²) >= 11 is 0. The van der Waals surface area contributed by atoms with Crippen LogP contribution in [-0.2, 0) is 16.1 Å². The smallest absolute Gasteiger partial charge is 0.264 e. The highest BCUT2D eigenvalue weighted by Crippen LogP contribution is 2.42. The second kappa shape index (κ2) is 9.20. The maximum absolute atomic E-state index is 13.3. The molecule has 202 valence electrons. The standard InChI is InChI=1S/C28H35N5O5/c1-26(16-37-17-26)18-38-21-6-4-20(5-7-21)33-23-22(14-30-33)24(34)32(19-29-23)15-28(36)10-12-31(13-11-28)25(35)27(2)8-3-9-27/h4-7,14,19,36H,3,8-13,15-18H2,1-2H3. The van der Waals surface area contributed by atoms with Crippen molar-refractivity contribution in [1.82, 2.24) is 24.2 Å². The average molecular weight is 522 g/mol. The highest BCUT2D eigenvalue weighted by atomic mass is 16.5. The highest BCUT2D eigenvalue weighted by molar-refractivity contribution is 5.83. The molecule has 3 fully saturated rings. The number of aliphatic hydroxyl groups is 1. The van der Waals surface area contributed by atoms with Crippen LogP contribution in [0.25, 0.3) is 16.7 Å². The number of piperidine rings is 1. The Hall–Kier alpha value is -3.24. The van der Waals surface area contributed by atoms with Gasteiger partial charge in [-0.2, -0.15) is 5.10 Å². The van der Waals surface area contributed by atoms with Crippen LogP contribution in [-0.4, -0.2) is 73.8 Å². The van der Waals surface area contributed by atoms with Gasteiger partial charge in [-0.05, 0) is 49.9 Å². The first-order valence-electron chi connectivity index (χ1n) is 13.4. The van der Waals surface area contributed by atoms with Crippen molar-refractivity contribution in [3.63, 3.8) is 0 Å². The molecule has 10 nitrogen and oxygen atoms in total. The molecular weight excluding hydrogens is 486 g/mol. The van der Waals surface area contributed by atoms with Crippen LogP contribution in [0.3, 0.4) is 0 Å². The predicted octanol–water partition coefficient (Wildman–Crippen LogP) is 2.54. The molecule has 0 spiro atoms. The van der Waals surface area contributed by atoms with Gasteiger partial charge in [-0.1, -0.05) is 20.3 Å². The van der Waals surface area contributed by atoms with Crippen LogP contribution >= 0.6 is 0 Å². The SMILES string of the molecule is CC1(COc2ccc(-n3ncc4c(=O)n(CC5(O)CCN(C(=O)C6(C)CCC6)CC5)cnc43)cc2)COC1. The molecule has 10 heteroatoms. The summed E-state index contributed by atoms with van der Waals surface area (Å²) in [6.45, 7) is 7.32. The van der Waals surface area contributed by atoms with E-state index < -0.39 is 5.60 Å². The summed E-state index contributed by atoms with van der Waals surface area (Å²) in [6.07, 6.45) is 6.84. The Bertz CT molecular complexity index is 1400. The van der Waals surface area contributed by atoms with Crippen molar-refractivity contribution in [2.24, 2.45) is 10.8 Å². The minimum atomic E-state index is -1.06. The summed E-state index contributed by atoms with van der Waals surface area (Å²) in [5, 5.41) is 16.1. The quantitative estimate of drug-likeness (QED) is 0.509. The molecule has 1 aromatic carbocycles. The van der Waals surface area contributed by atoms with Crippen molar-refractivity contribution >= 4 is 16.9 Å². The van der Waals surface area contributed by atoms with E-state index in [1.54, 1.807) is 4.68 Å². The maximum atomic E-state index is 13.3. The van der Waals surface area contributed by atoms with Crippen molar-refractivity contribution in [1.29, 1.82) is 0 Å². The molecule has 1 amide bonds. The van der Waals surface area contributed by atoms with E-state index in [2.05, 4.69) is 17.0 Å². The Kier molecular flexibility index (Phi) is 6.07. The number of ether oxygens (including phenoxy) is 2. The summed E-state index contributed by atoms with van der Waals surface area (Å²) in [6, 6.07) is 7.53. The lowest BCUT2D eigenvalue weighted by atomic mass is 9.69. The molecule has 0 unspecified atom stereocenters. The van der Waals surface area contributed by atoms with Gasteiger partial charge >= 0.3 is 0 Å². The van der Waals surface area contributed by atoms with Gasteiger partial charge in [-0.25, -0.2) is 9.67 Å². The van der Waals surface area contributed by atoms with Crippen molar-refractivity contribution in [2.75, 3.05) is 32.9 Å². The summed E-state index contributed by atoms with van der Waals surface area (Å²) in [5.74, 6) is 0.955. The zero-order valence-corrected chi connectivity index (χ0v) is 22.1. The fourth-order valence-electron chi connectivity index (χ4n) is 5.63. The van der Waals surface area contributed by atoms with Gasteiger partial charge in [0.25, 0.3) is 5.56 Å². The maximum Gasteiger partial charge on any atom is 0.264 e. The molecule has 38 heavy (non-hydrogen) atoms. The van der Waals surface area contributed by atoms with E-state index in [0.717, 1.165) is 30.7 Å². The minimum absolute atomic E-state index is 0.0661. The second-order valence-corrected chi connectivity index (χ2v) is 12.0. The largest absolute Gasteiger partial charge is 0.493 e. The number of hydrogen-bond donors (Lipinski definition) is 1. The van der Waals surface area contributed by atoms with E-state index in [-0.39, 0.29) is 28.8 Å². The number of amides is 1. The number of benzene rings is 1. The van der Waals surface area contributed by atoms with E-state index in [9.17, 15) is 14.7 Å². The Balaban J connectivity index is 1.13. The molecule has 1 saturated carbocycles.